The third-order valence-corrected chi connectivity index (χ3v) is 5.87. The van der Waals surface area contributed by atoms with Gasteiger partial charge in [0.1, 0.15) is 24.1 Å². The van der Waals surface area contributed by atoms with E-state index in [1.54, 1.807) is 42.5 Å². The average Bonchev–Trinajstić information content (AvgIpc) is 2.87. The lowest BCUT2D eigenvalue weighted by Crippen LogP contribution is -2.51. The number of rotatable bonds is 8. The molecule has 0 spiro atoms. The second-order valence-corrected chi connectivity index (χ2v) is 9.06. The Morgan fingerprint density at radius 2 is 1.69 bits per heavy atom. The Hall–Kier alpha value is -4.20. The van der Waals surface area contributed by atoms with Gasteiger partial charge in [0.2, 0.25) is 12.0 Å². The number of phenols is 2. The van der Waals surface area contributed by atoms with Crippen molar-refractivity contribution in [1.82, 2.24) is 5.32 Å². The fraction of sp³-hybridized carbons (Fsp3) is 0.286. The van der Waals surface area contributed by atoms with Crippen molar-refractivity contribution in [2.24, 2.45) is 5.92 Å². The molecule has 1 aliphatic heterocycles. The first-order valence-corrected chi connectivity index (χ1v) is 11.9. The van der Waals surface area contributed by atoms with Crippen molar-refractivity contribution >= 4 is 17.5 Å². The number of benzene rings is 3. The lowest BCUT2D eigenvalue weighted by atomic mass is 10.0. The first-order chi connectivity index (χ1) is 17.3. The van der Waals surface area contributed by atoms with Crippen LogP contribution in [0.1, 0.15) is 31.9 Å². The maximum absolute atomic E-state index is 14.0. The molecule has 0 fully saturated rings. The summed E-state index contributed by atoms with van der Waals surface area (Å²) in [4.78, 5) is 28.9. The van der Waals surface area contributed by atoms with Gasteiger partial charge in [0.15, 0.2) is 11.5 Å². The van der Waals surface area contributed by atoms with Crippen LogP contribution in [0.5, 0.6) is 23.0 Å². The molecular weight excluding hydrogens is 460 g/mol. The number of carbonyl (C=O) groups is 2. The lowest BCUT2D eigenvalue weighted by molar-refractivity contribution is -0.131. The van der Waals surface area contributed by atoms with Gasteiger partial charge in [-0.1, -0.05) is 44.2 Å². The minimum atomic E-state index is -1.09. The van der Waals surface area contributed by atoms with E-state index in [-0.39, 0.29) is 18.1 Å². The minimum absolute atomic E-state index is 0.0357. The number of hydrogen-bond acceptors (Lipinski definition) is 6. The molecular formula is C28H30N2O6. The first kappa shape index (κ1) is 24.9. The highest BCUT2D eigenvalue weighted by Gasteiger charge is 2.39. The van der Waals surface area contributed by atoms with Crippen LogP contribution in [0.25, 0.3) is 0 Å². The number of aromatic hydroxyl groups is 2. The molecule has 0 aromatic heterocycles. The number of hydrogen-bond donors (Lipinski definition) is 3. The van der Waals surface area contributed by atoms with Crippen LogP contribution < -0.4 is 19.7 Å². The van der Waals surface area contributed by atoms with Crippen LogP contribution in [0.3, 0.4) is 0 Å². The monoisotopic (exact) mass is 490 g/mol. The van der Waals surface area contributed by atoms with Crippen molar-refractivity contribution in [3.05, 3.63) is 78.4 Å². The zero-order valence-corrected chi connectivity index (χ0v) is 20.3. The van der Waals surface area contributed by atoms with Crippen LogP contribution in [0.4, 0.5) is 5.69 Å². The number of para-hydroxylation sites is 2. The van der Waals surface area contributed by atoms with Gasteiger partial charge in [-0.25, -0.2) is 0 Å². The average molecular weight is 491 g/mol. The number of carbonyl (C=O) groups excluding carboxylic acids is 2. The Morgan fingerprint density at radius 3 is 2.39 bits per heavy atom. The fourth-order valence-corrected chi connectivity index (χ4v) is 4.00. The summed E-state index contributed by atoms with van der Waals surface area (Å²) in [5.74, 6) is 0.429. The van der Waals surface area contributed by atoms with Gasteiger partial charge in [0.05, 0.1) is 0 Å². The van der Waals surface area contributed by atoms with E-state index in [1.165, 1.54) is 29.2 Å². The molecule has 1 heterocycles. The number of anilines is 1. The third kappa shape index (κ3) is 5.71. The van der Waals surface area contributed by atoms with Crippen molar-refractivity contribution in [3.8, 4) is 23.0 Å². The molecule has 0 unspecified atom stereocenters. The number of amides is 2. The highest BCUT2D eigenvalue weighted by molar-refractivity contribution is 6.03. The molecule has 2 atom stereocenters. The molecule has 3 aromatic carbocycles. The standard InChI is InChI=1S/C28H30N2O6/c1-18(2)14-15-29-27(33)26(19-10-12-21(31)13-11-19)30(20-6-5-7-22(32)16-20)28(34)25-17-35-23-8-3-4-9-24(23)36-25/h3-13,16,18,25-26,31-32H,14-15,17H2,1-2H3,(H,29,33)/t25-,26-/m0/s1. The summed E-state index contributed by atoms with van der Waals surface area (Å²) >= 11 is 0. The number of ether oxygens (including phenoxy) is 2. The maximum Gasteiger partial charge on any atom is 0.272 e. The molecule has 0 aliphatic carbocycles. The van der Waals surface area contributed by atoms with E-state index >= 15 is 0 Å². The summed E-state index contributed by atoms with van der Waals surface area (Å²) in [5, 5.41) is 22.9. The third-order valence-electron chi connectivity index (χ3n) is 5.87. The molecule has 188 valence electrons. The number of phenolic OH excluding ortho intramolecular Hbond substituents is 2. The first-order valence-electron chi connectivity index (χ1n) is 11.9. The summed E-state index contributed by atoms with van der Waals surface area (Å²) in [6.07, 6.45) is -0.255. The van der Waals surface area contributed by atoms with Crippen molar-refractivity contribution in [3.63, 3.8) is 0 Å². The van der Waals surface area contributed by atoms with Crippen LogP contribution in [0.2, 0.25) is 0 Å². The molecule has 3 aromatic rings. The van der Waals surface area contributed by atoms with E-state index in [9.17, 15) is 19.8 Å². The Labute approximate surface area is 210 Å². The van der Waals surface area contributed by atoms with Crippen LogP contribution in [0, 0.1) is 5.92 Å². The Morgan fingerprint density at radius 1 is 0.972 bits per heavy atom. The summed E-state index contributed by atoms with van der Waals surface area (Å²) in [6, 6.07) is 18.2. The molecule has 3 N–H and O–H groups in total. The largest absolute Gasteiger partial charge is 0.508 e. The molecule has 0 radical (unpaired) electrons. The van der Waals surface area contributed by atoms with Gasteiger partial charge in [-0.05, 0) is 54.3 Å². The van der Waals surface area contributed by atoms with E-state index in [0.717, 1.165) is 6.42 Å². The van der Waals surface area contributed by atoms with Crippen LogP contribution in [-0.2, 0) is 9.59 Å². The van der Waals surface area contributed by atoms with E-state index in [2.05, 4.69) is 19.2 Å². The molecule has 0 saturated heterocycles. The van der Waals surface area contributed by atoms with Gasteiger partial charge >= 0.3 is 0 Å². The summed E-state index contributed by atoms with van der Waals surface area (Å²) in [6.45, 7) is 4.51. The number of nitrogens with zero attached hydrogens (tertiary/aromatic N) is 1. The van der Waals surface area contributed by atoms with Crippen molar-refractivity contribution in [1.29, 1.82) is 0 Å². The molecule has 8 heteroatoms. The van der Waals surface area contributed by atoms with E-state index in [0.29, 0.717) is 35.2 Å². The highest BCUT2D eigenvalue weighted by atomic mass is 16.6. The molecule has 36 heavy (non-hydrogen) atoms. The smallest absolute Gasteiger partial charge is 0.272 e. The summed E-state index contributed by atoms with van der Waals surface area (Å²) < 4.78 is 11.7. The maximum atomic E-state index is 14.0. The Bertz CT molecular complexity index is 1210. The second-order valence-electron chi connectivity index (χ2n) is 9.06. The van der Waals surface area contributed by atoms with Gasteiger partial charge in [0, 0.05) is 18.3 Å². The summed E-state index contributed by atoms with van der Waals surface area (Å²) in [5.41, 5.74) is 0.809. The Kier molecular flexibility index (Phi) is 7.63. The van der Waals surface area contributed by atoms with Gasteiger partial charge in [0.25, 0.3) is 5.91 Å². The SMILES string of the molecule is CC(C)CCNC(=O)[C@H](c1ccc(O)cc1)N(C(=O)[C@@H]1COc2ccccc2O1)c1cccc(O)c1. The normalized spacial score (nSPS) is 15.2. The minimum Gasteiger partial charge on any atom is -0.508 e. The number of nitrogens with one attached hydrogen (secondary N) is 1. The Balaban J connectivity index is 1.74. The molecule has 0 bridgehead atoms. The van der Waals surface area contributed by atoms with Crippen molar-refractivity contribution in [2.75, 3.05) is 18.1 Å². The zero-order chi connectivity index (χ0) is 25.7. The molecule has 2 amide bonds. The van der Waals surface area contributed by atoms with Crippen molar-refractivity contribution < 1.29 is 29.3 Å². The van der Waals surface area contributed by atoms with E-state index in [4.69, 9.17) is 9.47 Å². The van der Waals surface area contributed by atoms with Crippen LogP contribution >= 0.6 is 0 Å². The van der Waals surface area contributed by atoms with Gasteiger partial charge in [-0.15, -0.1) is 0 Å². The summed E-state index contributed by atoms with van der Waals surface area (Å²) in [7, 11) is 0. The molecule has 0 saturated carbocycles. The van der Waals surface area contributed by atoms with Crippen LogP contribution in [-0.4, -0.2) is 41.3 Å². The lowest BCUT2D eigenvalue weighted by Gasteiger charge is -2.35. The predicted octanol–water partition coefficient (Wildman–Crippen LogP) is 4.17. The fourth-order valence-electron chi connectivity index (χ4n) is 4.00. The quantitative estimate of drug-likeness (QED) is 0.437. The van der Waals surface area contributed by atoms with Gasteiger partial charge in [-0.2, -0.15) is 0 Å². The van der Waals surface area contributed by atoms with Gasteiger partial charge in [-0.3, -0.25) is 14.5 Å². The second kappa shape index (κ2) is 11.0. The van der Waals surface area contributed by atoms with E-state index in [1.807, 2.05) is 6.07 Å². The predicted molar refractivity (Wildman–Crippen MR) is 135 cm³/mol. The highest BCUT2D eigenvalue weighted by Crippen LogP contribution is 2.35. The van der Waals surface area contributed by atoms with Crippen LogP contribution in [0.15, 0.2) is 72.8 Å². The molecule has 8 nitrogen and oxygen atoms in total. The van der Waals surface area contributed by atoms with Gasteiger partial charge < -0.3 is 25.0 Å². The molecule has 1 aliphatic rings. The number of fused-ring (bicyclic) bond motifs is 1. The molecule has 4 rings (SSSR count). The van der Waals surface area contributed by atoms with Crippen molar-refractivity contribution in [2.45, 2.75) is 32.4 Å². The topological polar surface area (TPSA) is 108 Å². The zero-order valence-electron chi connectivity index (χ0n) is 20.3. The van der Waals surface area contributed by atoms with E-state index < -0.39 is 24.0 Å².